The molecule has 2 heterocycles. The summed E-state index contributed by atoms with van der Waals surface area (Å²) in [5, 5.41) is 16.6. The third-order valence-corrected chi connectivity index (χ3v) is 4.29. The summed E-state index contributed by atoms with van der Waals surface area (Å²) in [7, 11) is 0. The number of hydrogen-bond acceptors (Lipinski definition) is 4. The molecular weight excluding hydrogens is 304 g/mol. The number of carboxylic acids is 1. The Morgan fingerprint density at radius 3 is 2.88 bits per heavy atom. The van der Waals surface area contributed by atoms with Crippen molar-refractivity contribution < 1.29 is 9.90 Å². The third-order valence-electron chi connectivity index (χ3n) is 4.29. The van der Waals surface area contributed by atoms with Gasteiger partial charge in [-0.3, -0.25) is 4.79 Å². The normalized spacial score (nSPS) is 21.0. The molecule has 0 unspecified atom stereocenters. The maximum Gasteiger partial charge on any atom is 0.307 e. The van der Waals surface area contributed by atoms with E-state index in [1.54, 1.807) is 6.21 Å². The van der Waals surface area contributed by atoms with Gasteiger partial charge in [0.2, 0.25) is 0 Å². The van der Waals surface area contributed by atoms with Crippen molar-refractivity contribution in [2.24, 2.45) is 16.9 Å². The number of hydrazone groups is 1. The first-order valence-electron chi connectivity index (χ1n) is 8.16. The number of rotatable bonds is 6. The standard InChI is InChI=1S/C18H22N4O2/c23-18(24)16-9-14(10-19-12-16)11-20-21-13-15-5-1-2-6-17(15)22-7-3-4-8-22/h1-8,13-14,16,19-20H,9-12H2,(H,23,24)/b21-13+/t14-,16-/m1/s1. The van der Waals surface area contributed by atoms with Gasteiger partial charge in [0.15, 0.2) is 0 Å². The zero-order valence-electron chi connectivity index (χ0n) is 13.4. The Balaban J connectivity index is 1.57. The molecule has 0 radical (unpaired) electrons. The van der Waals surface area contributed by atoms with E-state index in [-0.39, 0.29) is 11.8 Å². The molecule has 1 saturated heterocycles. The Morgan fingerprint density at radius 1 is 1.29 bits per heavy atom. The van der Waals surface area contributed by atoms with Crippen LogP contribution in [0.4, 0.5) is 0 Å². The number of piperidine rings is 1. The van der Waals surface area contributed by atoms with Crippen LogP contribution in [-0.2, 0) is 4.79 Å². The fourth-order valence-corrected chi connectivity index (χ4v) is 3.00. The van der Waals surface area contributed by atoms with Crippen LogP contribution >= 0.6 is 0 Å². The summed E-state index contributed by atoms with van der Waals surface area (Å²) in [6.07, 6.45) is 6.49. The Kier molecular flexibility index (Phi) is 5.28. The monoisotopic (exact) mass is 326 g/mol. The first-order chi connectivity index (χ1) is 11.7. The number of nitrogens with zero attached hydrogens (tertiary/aromatic N) is 2. The molecule has 1 aliphatic rings. The van der Waals surface area contributed by atoms with E-state index in [9.17, 15) is 4.79 Å². The number of aliphatic carboxylic acids is 1. The van der Waals surface area contributed by atoms with Crippen molar-refractivity contribution in [2.75, 3.05) is 19.6 Å². The van der Waals surface area contributed by atoms with E-state index >= 15 is 0 Å². The topological polar surface area (TPSA) is 78.7 Å². The lowest BCUT2D eigenvalue weighted by atomic mass is 9.91. The van der Waals surface area contributed by atoms with Gasteiger partial charge in [0.05, 0.1) is 17.8 Å². The second kappa shape index (κ2) is 7.79. The Hall–Kier alpha value is -2.60. The zero-order chi connectivity index (χ0) is 16.8. The highest BCUT2D eigenvalue weighted by Gasteiger charge is 2.26. The van der Waals surface area contributed by atoms with Gasteiger partial charge in [-0.25, -0.2) is 0 Å². The number of carbonyl (C=O) groups is 1. The van der Waals surface area contributed by atoms with Crippen LogP contribution in [0.15, 0.2) is 53.9 Å². The van der Waals surface area contributed by atoms with Crippen LogP contribution in [-0.4, -0.2) is 41.5 Å². The van der Waals surface area contributed by atoms with Crippen molar-refractivity contribution in [3.63, 3.8) is 0 Å². The molecule has 3 rings (SSSR count). The minimum Gasteiger partial charge on any atom is -0.481 e. The van der Waals surface area contributed by atoms with Gasteiger partial charge in [0.1, 0.15) is 0 Å². The lowest BCUT2D eigenvalue weighted by Gasteiger charge is -2.27. The number of carboxylic acid groups (broad SMARTS) is 1. The van der Waals surface area contributed by atoms with Gasteiger partial charge < -0.3 is 20.4 Å². The fraction of sp³-hybridized carbons (Fsp3) is 0.333. The Labute approximate surface area is 141 Å². The summed E-state index contributed by atoms with van der Waals surface area (Å²) in [5.41, 5.74) is 5.15. The molecule has 1 aromatic carbocycles. The highest BCUT2D eigenvalue weighted by atomic mass is 16.4. The van der Waals surface area contributed by atoms with Gasteiger partial charge in [-0.1, -0.05) is 18.2 Å². The summed E-state index contributed by atoms with van der Waals surface area (Å²) in [6, 6.07) is 12.0. The van der Waals surface area contributed by atoms with Crippen molar-refractivity contribution >= 4 is 12.2 Å². The molecule has 1 aromatic heterocycles. The maximum absolute atomic E-state index is 11.1. The average Bonchev–Trinajstić information content (AvgIpc) is 3.14. The van der Waals surface area contributed by atoms with Crippen LogP contribution in [0.5, 0.6) is 0 Å². The Morgan fingerprint density at radius 2 is 2.08 bits per heavy atom. The molecule has 0 saturated carbocycles. The largest absolute Gasteiger partial charge is 0.481 e. The third kappa shape index (κ3) is 4.02. The van der Waals surface area contributed by atoms with Crippen LogP contribution in [0.3, 0.4) is 0 Å². The van der Waals surface area contributed by atoms with E-state index in [2.05, 4.69) is 15.8 Å². The summed E-state index contributed by atoms with van der Waals surface area (Å²) < 4.78 is 2.05. The van der Waals surface area contributed by atoms with E-state index in [4.69, 9.17) is 5.11 Å². The maximum atomic E-state index is 11.1. The summed E-state index contributed by atoms with van der Waals surface area (Å²) in [6.45, 7) is 2.05. The lowest BCUT2D eigenvalue weighted by molar-refractivity contribution is -0.142. The van der Waals surface area contributed by atoms with Crippen LogP contribution in [0.25, 0.3) is 5.69 Å². The summed E-state index contributed by atoms with van der Waals surface area (Å²) >= 11 is 0. The van der Waals surface area contributed by atoms with Crippen molar-refractivity contribution in [2.45, 2.75) is 6.42 Å². The molecule has 24 heavy (non-hydrogen) atoms. The average molecular weight is 326 g/mol. The van der Waals surface area contributed by atoms with Crippen molar-refractivity contribution in [1.29, 1.82) is 0 Å². The molecule has 6 nitrogen and oxygen atoms in total. The smallest absolute Gasteiger partial charge is 0.307 e. The van der Waals surface area contributed by atoms with E-state index < -0.39 is 5.97 Å². The molecule has 1 aliphatic heterocycles. The van der Waals surface area contributed by atoms with Gasteiger partial charge in [-0.15, -0.1) is 0 Å². The molecule has 1 fully saturated rings. The first-order valence-corrected chi connectivity index (χ1v) is 8.16. The zero-order valence-corrected chi connectivity index (χ0v) is 13.4. The number of aromatic nitrogens is 1. The van der Waals surface area contributed by atoms with E-state index in [0.29, 0.717) is 19.5 Å². The fourth-order valence-electron chi connectivity index (χ4n) is 3.00. The van der Waals surface area contributed by atoms with Gasteiger partial charge in [-0.2, -0.15) is 5.10 Å². The molecule has 126 valence electrons. The van der Waals surface area contributed by atoms with Gasteiger partial charge in [0.25, 0.3) is 0 Å². The van der Waals surface area contributed by atoms with Gasteiger partial charge in [-0.05, 0) is 37.1 Å². The SMILES string of the molecule is O=C(O)[C@H]1CNC[C@H](CN/N=C/c2ccccc2-n2cccc2)C1. The molecule has 2 aromatic rings. The van der Waals surface area contributed by atoms with Crippen LogP contribution < -0.4 is 10.7 Å². The second-order valence-corrected chi connectivity index (χ2v) is 6.06. The van der Waals surface area contributed by atoms with Gasteiger partial charge >= 0.3 is 5.97 Å². The molecule has 0 aliphatic carbocycles. The predicted molar refractivity (Wildman–Crippen MR) is 93.5 cm³/mol. The summed E-state index contributed by atoms with van der Waals surface area (Å²) in [4.78, 5) is 11.1. The highest BCUT2D eigenvalue weighted by Crippen LogP contribution is 2.16. The molecular formula is C18H22N4O2. The highest BCUT2D eigenvalue weighted by molar-refractivity contribution is 5.84. The molecule has 0 spiro atoms. The number of benzene rings is 1. The van der Waals surface area contributed by atoms with Gasteiger partial charge in [0, 0.05) is 31.0 Å². The minimum atomic E-state index is -0.726. The molecule has 6 heteroatoms. The Bertz CT molecular complexity index is 697. The molecule has 0 bridgehead atoms. The molecule has 2 atom stereocenters. The quantitative estimate of drug-likeness (QED) is 0.558. The van der Waals surface area contributed by atoms with Crippen LogP contribution in [0, 0.1) is 11.8 Å². The van der Waals surface area contributed by atoms with Crippen molar-refractivity contribution in [3.05, 3.63) is 54.4 Å². The number of para-hydroxylation sites is 1. The predicted octanol–water partition coefficient (Wildman–Crippen LogP) is 1.71. The molecule has 0 amide bonds. The van der Waals surface area contributed by atoms with E-state index in [1.165, 1.54) is 0 Å². The minimum absolute atomic E-state index is 0.275. The van der Waals surface area contributed by atoms with Crippen LogP contribution in [0.1, 0.15) is 12.0 Å². The second-order valence-electron chi connectivity index (χ2n) is 6.06. The lowest BCUT2D eigenvalue weighted by Crippen LogP contribution is -2.42. The number of hydrogen-bond donors (Lipinski definition) is 3. The van der Waals surface area contributed by atoms with E-state index in [1.807, 2.05) is 53.4 Å². The molecule has 3 N–H and O–H groups in total. The van der Waals surface area contributed by atoms with Crippen LogP contribution in [0.2, 0.25) is 0 Å². The first kappa shape index (κ1) is 16.3. The summed E-state index contributed by atoms with van der Waals surface area (Å²) in [5.74, 6) is -0.753. The van der Waals surface area contributed by atoms with Crippen molar-refractivity contribution in [3.8, 4) is 5.69 Å². The van der Waals surface area contributed by atoms with E-state index in [0.717, 1.165) is 17.8 Å². The number of nitrogens with one attached hydrogen (secondary N) is 2. The van der Waals surface area contributed by atoms with Crippen molar-refractivity contribution in [1.82, 2.24) is 15.3 Å².